The molecule has 0 bridgehead atoms. The van der Waals surface area contributed by atoms with Crippen LogP contribution in [0.25, 0.3) is 0 Å². The van der Waals surface area contributed by atoms with E-state index in [1.807, 2.05) is 12.1 Å². The maximum Gasteiger partial charge on any atom is 0.255 e. The van der Waals surface area contributed by atoms with E-state index in [0.29, 0.717) is 44.6 Å². The summed E-state index contributed by atoms with van der Waals surface area (Å²) in [6, 6.07) is 5.05. The first-order chi connectivity index (χ1) is 13.8. The number of nitrogens with two attached hydrogens (primary N) is 1. The molecule has 1 saturated carbocycles. The first kappa shape index (κ1) is 18.7. The van der Waals surface area contributed by atoms with E-state index in [4.69, 9.17) is 5.73 Å². The van der Waals surface area contributed by atoms with Crippen LogP contribution in [0.3, 0.4) is 0 Å². The molecule has 4 aliphatic rings. The number of hydrogen-bond donors (Lipinski definition) is 2. The fourth-order valence-electron chi connectivity index (χ4n) is 5.52. The van der Waals surface area contributed by atoms with E-state index in [-0.39, 0.29) is 18.2 Å². The second-order valence-corrected chi connectivity index (χ2v) is 9.01. The minimum Gasteiger partial charge on any atom is -0.322 e. The van der Waals surface area contributed by atoms with Gasteiger partial charge in [0.25, 0.3) is 5.91 Å². The second-order valence-electron chi connectivity index (χ2n) is 9.01. The highest BCUT2D eigenvalue weighted by Crippen LogP contribution is 2.46. The number of piperidine rings is 1. The number of imide groups is 1. The Morgan fingerprint density at radius 2 is 2.03 bits per heavy atom. The van der Waals surface area contributed by atoms with E-state index in [0.717, 1.165) is 24.0 Å². The van der Waals surface area contributed by atoms with Gasteiger partial charge in [0, 0.05) is 38.2 Å². The second kappa shape index (κ2) is 6.34. The van der Waals surface area contributed by atoms with Crippen molar-refractivity contribution < 1.29 is 18.8 Å². The summed E-state index contributed by atoms with van der Waals surface area (Å²) in [4.78, 5) is 39.9. The number of benzene rings is 1. The molecule has 1 aromatic rings. The van der Waals surface area contributed by atoms with Crippen LogP contribution in [0.2, 0.25) is 0 Å². The largest absolute Gasteiger partial charge is 0.322 e. The van der Waals surface area contributed by atoms with Gasteiger partial charge in [0.05, 0.1) is 5.54 Å². The molecular formula is C21H25FN4O3. The number of alkyl halides is 1. The minimum atomic E-state index is -1.30. The van der Waals surface area contributed by atoms with Crippen molar-refractivity contribution in [1.82, 2.24) is 15.1 Å². The summed E-state index contributed by atoms with van der Waals surface area (Å²) in [7, 11) is 0. The Hall–Kier alpha value is -2.32. The fraction of sp³-hybridized carbons (Fsp3) is 0.571. The number of carbonyl (C=O) groups is 3. The summed E-state index contributed by atoms with van der Waals surface area (Å²) in [5.74, 6) is -0.885. The maximum absolute atomic E-state index is 15.1. The number of amides is 3. The number of halogens is 1. The summed E-state index contributed by atoms with van der Waals surface area (Å²) >= 11 is 0. The van der Waals surface area contributed by atoms with Crippen LogP contribution in [0.5, 0.6) is 0 Å². The monoisotopic (exact) mass is 400 g/mol. The quantitative estimate of drug-likeness (QED) is 0.734. The Kier molecular flexibility index (Phi) is 4.08. The van der Waals surface area contributed by atoms with Crippen LogP contribution in [0.4, 0.5) is 4.39 Å². The fourth-order valence-corrected chi connectivity index (χ4v) is 5.52. The molecule has 3 fully saturated rings. The van der Waals surface area contributed by atoms with E-state index in [2.05, 4.69) is 10.2 Å². The molecule has 29 heavy (non-hydrogen) atoms. The van der Waals surface area contributed by atoms with Crippen LogP contribution in [0.15, 0.2) is 18.2 Å². The molecule has 3 aliphatic heterocycles. The average Bonchev–Trinajstić information content (AvgIpc) is 3.19. The molecule has 0 aromatic heterocycles. The van der Waals surface area contributed by atoms with Gasteiger partial charge in [-0.25, -0.2) is 4.39 Å². The van der Waals surface area contributed by atoms with Crippen molar-refractivity contribution in [3.8, 4) is 0 Å². The number of fused-ring (bicyclic) bond motifs is 2. The Bertz CT molecular complexity index is 903. The maximum atomic E-state index is 15.1. The number of rotatable bonds is 3. The summed E-state index contributed by atoms with van der Waals surface area (Å²) in [5, 5.41) is 2.31. The van der Waals surface area contributed by atoms with E-state index in [9.17, 15) is 14.4 Å². The molecule has 1 unspecified atom stereocenters. The summed E-state index contributed by atoms with van der Waals surface area (Å²) in [6.07, 6.45) is 2.68. The molecule has 0 radical (unpaired) electrons. The number of nitrogens with zero attached hydrogens (tertiary/aromatic N) is 2. The first-order valence-corrected chi connectivity index (χ1v) is 10.2. The Morgan fingerprint density at radius 1 is 1.21 bits per heavy atom. The van der Waals surface area contributed by atoms with Gasteiger partial charge in [-0.05, 0) is 42.9 Å². The van der Waals surface area contributed by atoms with Gasteiger partial charge in [0.15, 0.2) is 0 Å². The van der Waals surface area contributed by atoms with E-state index in [1.165, 1.54) is 0 Å². The molecule has 5 rings (SSSR count). The third-order valence-corrected chi connectivity index (χ3v) is 7.06. The predicted octanol–water partition coefficient (Wildman–Crippen LogP) is 0.853. The van der Waals surface area contributed by atoms with Gasteiger partial charge in [0.2, 0.25) is 11.8 Å². The number of carbonyl (C=O) groups excluding carboxylic acids is 3. The van der Waals surface area contributed by atoms with Crippen molar-refractivity contribution in [2.45, 2.75) is 62.4 Å². The normalized spacial score (nSPS) is 34.5. The van der Waals surface area contributed by atoms with Gasteiger partial charge in [-0.15, -0.1) is 0 Å². The van der Waals surface area contributed by atoms with Gasteiger partial charge >= 0.3 is 0 Å². The zero-order chi connectivity index (χ0) is 20.4. The SMILES string of the molecule is N[C@]12CCC[C@@]1(F)CN(Cc1ccc3c(c1)CN(C1CCC(=O)NC1=O)C3=O)C2. The minimum absolute atomic E-state index is 0.180. The lowest BCUT2D eigenvalue weighted by molar-refractivity contribution is -0.136. The van der Waals surface area contributed by atoms with E-state index >= 15 is 4.39 Å². The molecule has 1 aliphatic carbocycles. The topological polar surface area (TPSA) is 95.7 Å². The van der Waals surface area contributed by atoms with Crippen molar-refractivity contribution in [3.05, 3.63) is 34.9 Å². The number of nitrogens with one attached hydrogen (secondary N) is 1. The molecule has 3 N–H and O–H groups in total. The lowest BCUT2D eigenvalue weighted by Gasteiger charge is -2.29. The highest BCUT2D eigenvalue weighted by molar-refractivity contribution is 6.05. The Morgan fingerprint density at radius 3 is 2.79 bits per heavy atom. The zero-order valence-electron chi connectivity index (χ0n) is 16.2. The highest BCUT2D eigenvalue weighted by atomic mass is 19.1. The van der Waals surface area contributed by atoms with E-state index in [1.54, 1.807) is 11.0 Å². The molecule has 154 valence electrons. The predicted molar refractivity (Wildman–Crippen MR) is 102 cm³/mol. The molecule has 3 amide bonds. The lowest BCUT2D eigenvalue weighted by atomic mass is 9.89. The highest BCUT2D eigenvalue weighted by Gasteiger charge is 2.59. The van der Waals surface area contributed by atoms with Gasteiger partial charge in [-0.1, -0.05) is 12.1 Å². The Labute approximate surface area is 168 Å². The molecular weight excluding hydrogens is 375 g/mol. The standard InChI is InChI=1S/C21H25FN4O3/c22-20-6-1-7-21(20,23)12-25(11-20)9-13-2-3-15-14(8-13)10-26(19(15)29)16-4-5-17(27)24-18(16)28/h2-3,8,16H,1,4-7,9-12,23H2,(H,24,27,28)/t16?,20-,21+/m1/s1. The zero-order valence-corrected chi connectivity index (χ0v) is 16.2. The summed E-state index contributed by atoms with van der Waals surface area (Å²) in [6.45, 7) is 1.83. The van der Waals surface area contributed by atoms with Crippen molar-refractivity contribution in [2.75, 3.05) is 13.1 Å². The first-order valence-electron chi connectivity index (χ1n) is 10.2. The third-order valence-electron chi connectivity index (χ3n) is 7.06. The van der Waals surface area contributed by atoms with Crippen molar-refractivity contribution in [1.29, 1.82) is 0 Å². The van der Waals surface area contributed by atoms with Crippen LogP contribution in [-0.2, 0) is 22.7 Å². The van der Waals surface area contributed by atoms with Crippen molar-refractivity contribution in [2.24, 2.45) is 5.73 Å². The van der Waals surface area contributed by atoms with E-state index < -0.39 is 23.2 Å². The van der Waals surface area contributed by atoms with Gasteiger partial charge in [-0.2, -0.15) is 0 Å². The van der Waals surface area contributed by atoms with Gasteiger partial charge in [-0.3, -0.25) is 24.6 Å². The van der Waals surface area contributed by atoms with Gasteiger partial charge < -0.3 is 10.6 Å². The molecule has 3 atom stereocenters. The number of likely N-dealkylation sites (tertiary alicyclic amines) is 1. The molecule has 7 nitrogen and oxygen atoms in total. The molecule has 0 spiro atoms. The van der Waals surface area contributed by atoms with Crippen LogP contribution in [0.1, 0.15) is 53.6 Å². The summed E-state index contributed by atoms with van der Waals surface area (Å²) < 4.78 is 15.1. The van der Waals surface area contributed by atoms with Crippen molar-refractivity contribution in [3.63, 3.8) is 0 Å². The van der Waals surface area contributed by atoms with Crippen LogP contribution in [0, 0.1) is 0 Å². The van der Waals surface area contributed by atoms with Gasteiger partial charge in [0.1, 0.15) is 11.7 Å². The van der Waals surface area contributed by atoms with Crippen LogP contribution >= 0.6 is 0 Å². The third kappa shape index (κ3) is 2.88. The summed E-state index contributed by atoms with van der Waals surface area (Å²) in [5.41, 5.74) is 6.76. The molecule has 8 heteroatoms. The van der Waals surface area contributed by atoms with Crippen LogP contribution < -0.4 is 11.1 Å². The molecule has 1 aromatic carbocycles. The van der Waals surface area contributed by atoms with Crippen LogP contribution in [-0.4, -0.2) is 57.9 Å². The van der Waals surface area contributed by atoms with Crippen molar-refractivity contribution >= 4 is 17.7 Å². The molecule has 2 saturated heterocycles. The molecule has 3 heterocycles. The average molecular weight is 400 g/mol. The lowest BCUT2D eigenvalue weighted by Crippen LogP contribution is -2.53. The smallest absolute Gasteiger partial charge is 0.255 e. The number of hydrogen-bond acceptors (Lipinski definition) is 5. The Balaban J connectivity index is 1.31.